The summed E-state index contributed by atoms with van der Waals surface area (Å²) in [5, 5.41) is 0. The molecule has 0 aromatic rings. The van der Waals surface area contributed by atoms with E-state index in [0.717, 1.165) is 19.1 Å². The van der Waals surface area contributed by atoms with Crippen molar-refractivity contribution in [3.8, 4) is 0 Å². The Bertz CT molecular complexity index is 104. The van der Waals surface area contributed by atoms with E-state index in [4.69, 9.17) is 0 Å². The summed E-state index contributed by atoms with van der Waals surface area (Å²) in [4.78, 5) is 10.0. The van der Waals surface area contributed by atoms with Crippen molar-refractivity contribution in [3.05, 3.63) is 0 Å². The molecule has 0 fully saturated rings. The molecule has 1 nitrogen and oxygen atoms in total. The fourth-order valence-corrected chi connectivity index (χ4v) is 1.85. The summed E-state index contributed by atoms with van der Waals surface area (Å²) in [5.41, 5.74) is 0. The molecule has 0 bridgehead atoms. The van der Waals surface area contributed by atoms with Crippen molar-refractivity contribution in [2.45, 2.75) is 51.4 Å². The van der Waals surface area contributed by atoms with Crippen molar-refractivity contribution in [2.24, 2.45) is 0 Å². The molecule has 0 aromatic heterocycles. The minimum Gasteiger partial charge on any atom is -0.303 e. The first-order valence-corrected chi connectivity index (χ1v) is 6.73. The maximum absolute atomic E-state index is 10.0. The lowest BCUT2D eigenvalue weighted by Crippen LogP contribution is -1.83. The number of hydrogen-bond acceptors (Lipinski definition) is 2. The Morgan fingerprint density at radius 3 is 2.00 bits per heavy atom. The second-order valence-electron chi connectivity index (χ2n) is 3.42. The zero-order valence-electron chi connectivity index (χ0n) is 8.76. The van der Waals surface area contributed by atoms with Crippen LogP contribution in [0.3, 0.4) is 0 Å². The Morgan fingerprint density at radius 2 is 1.46 bits per heavy atom. The summed E-state index contributed by atoms with van der Waals surface area (Å²) < 4.78 is 0. The molecule has 0 N–H and O–H groups in total. The highest BCUT2D eigenvalue weighted by Gasteiger charge is 1.91. The number of aldehydes is 1. The molecule has 0 saturated heterocycles. The Labute approximate surface area is 86.7 Å². The average Bonchev–Trinajstić information content (AvgIpc) is 2.16. The minimum absolute atomic E-state index is 0.756. The Hall–Kier alpha value is 0.0200. The number of rotatable bonds is 10. The van der Waals surface area contributed by atoms with Crippen LogP contribution in [0.25, 0.3) is 0 Å². The molecule has 2 heteroatoms. The van der Waals surface area contributed by atoms with Gasteiger partial charge in [0.15, 0.2) is 0 Å². The van der Waals surface area contributed by atoms with Crippen LogP contribution < -0.4 is 0 Å². The highest BCUT2D eigenvalue weighted by atomic mass is 32.2. The molecule has 0 spiro atoms. The largest absolute Gasteiger partial charge is 0.303 e. The topological polar surface area (TPSA) is 17.1 Å². The maximum Gasteiger partial charge on any atom is 0.119 e. The summed E-state index contributed by atoms with van der Waals surface area (Å²) in [5.74, 6) is 1.31. The van der Waals surface area contributed by atoms with Crippen LogP contribution in [0.1, 0.15) is 51.4 Å². The third-order valence-electron chi connectivity index (χ3n) is 2.17. The highest BCUT2D eigenvalue weighted by Crippen LogP contribution is 2.09. The predicted octanol–water partition coefficient (Wildman–Crippen LogP) is 3.67. The molecule has 0 aliphatic rings. The van der Waals surface area contributed by atoms with Gasteiger partial charge in [0.05, 0.1) is 0 Å². The van der Waals surface area contributed by atoms with E-state index in [1.54, 1.807) is 0 Å². The first-order valence-electron chi connectivity index (χ1n) is 5.34. The second-order valence-corrected chi connectivity index (χ2v) is 4.41. The maximum atomic E-state index is 10.0. The van der Waals surface area contributed by atoms with Gasteiger partial charge in [0.2, 0.25) is 0 Å². The van der Waals surface area contributed by atoms with Gasteiger partial charge >= 0.3 is 0 Å². The average molecular weight is 202 g/mol. The van der Waals surface area contributed by atoms with Gasteiger partial charge in [-0.3, -0.25) is 0 Å². The third-order valence-corrected chi connectivity index (χ3v) is 2.87. The molecule has 0 heterocycles. The summed E-state index contributed by atoms with van der Waals surface area (Å²) in [7, 11) is 0. The Kier molecular flexibility index (Phi) is 12.0. The van der Waals surface area contributed by atoms with Crippen LogP contribution in [-0.4, -0.2) is 18.3 Å². The fourth-order valence-electron chi connectivity index (χ4n) is 1.36. The SMILES string of the molecule is CSCCCCCCCCCC=O. The smallest absolute Gasteiger partial charge is 0.119 e. The van der Waals surface area contributed by atoms with Crippen molar-refractivity contribution in [1.82, 2.24) is 0 Å². The van der Waals surface area contributed by atoms with E-state index in [2.05, 4.69) is 6.26 Å². The summed E-state index contributed by atoms with van der Waals surface area (Å²) in [6.07, 6.45) is 13.1. The van der Waals surface area contributed by atoms with Crippen LogP contribution in [0.2, 0.25) is 0 Å². The predicted molar refractivity (Wildman–Crippen MR) is 61.4 cm³/mol. The van der Waals surface area contributed by atoms with Crippen molar-refractivity contribution < 1.29 is 4.79 Å². The van der Waals surface area contributed by atoms with Crippen molar-refractivity contribution in [3.63, 3.8) is 0 Å². The lowest BCUT2D eigenvalue weighted by molar-refractivity contribution is -0.107. The molecule has 0 saturated carbocycles. The van der Waals surface area contributed by atoms with Crippen LogP contribution in [0.15, 0.2) is 0 Å². The van der Waals surface area contributed by atoms with Crippen molar-refractivity contribution >= 4 is 18.0 Å². The van der Waals surface area contributed by atoms with Crippen molar-refractivity contribution in [1.29, 1.82) is 0 Å². The van der Waals surface area contributed by atoms with E-state index in [9.17, 15) is 4.79 Å². The Morgan fingerprint density at radius 1 is 0.923 bits per heavy atom. The van der Waals surface area contributed by atoms with E-state index in [-0.39, 0.29) is 0 Å². The van der Waals surface area contributed by atoms with Gasteiger partial charge < -0.3 is 4.79 Å². The molecule has 0 unspecified atom stereocenters. The second kappa shape index (κ2) is 12.0. The van der Waals surface area contributed by atoms with E-state index in [1.165, 1.54) is 44.3 Å². The van der Waals surface area contributed by atoms with Crippen LogP contribution in [0.5, 0.6) is 0 Å². The van der Waals surface area contributed by atoms with Gasteiger partial charge in [0.1, 0.15) is 6.29 Å². The van der Waals surface area contributed by atoms with E-state index >= 15 is 0 Å². The Balaban J connectivity index is 2.79. The summed E-state index contributed by atoms with van der Waals surface area (Å²) in [6, 6.07) is 0. The van der Waals surface area contributed by atoms with Crippen LogP contribution >= 0.6 is 11.8 Å². The van der Waals surface area contributed by atoms with E-state index in [1.807, 2.05) is 11.8 Å². The normalized spacial score (nSPS) is 10.2. The zero-order chi connectivity index (χ0) is 9.78. The van der Waals surface area contributed by atoms with Gasteiger partial charge in [-0.25, -0.2) is 0 Å². The third kappa shape index (κ3) is 12.0. The molecule has 0 aliphatic heterocycles. The highest BCUT2D eigenvalue weighted by molar-refractivity contribution is 7.98. The first kappa shape index (κ1) is 13.0. The standard InChI is InChI=1S/C11H22OS/c1-13-11-9-7-5-3-2-4-6-8-10-12/h10H,2-9,11H2,1H3. The first-order chi connectivity index (χ1) is 6.41. The zero-order valence-corrected chi connectivity index (χ0v) is 9.57. The van der Waals surface area contributed by atoms with Gasteiger partial charge in [-0.15, -0.1) is 0 Å². The van der Waals surface area contributed by atoms with Gasteiger partial charge in [0.25, 0.3) is 0 Å². The van der Waals surface area contributed by atoms with Gasteiger partial charge in [-0.2, -0.15) is 11.8 Å². The fraction of sp³-hybridized carbons (Fsp3) is 0.909. The summed E-state index contributed by atoms with van der Waals surface area (Å²) >= 11 is 1.94. The molecular formula is C11H22OS. The number of hydrogen-bond donors (Lipinski definition) is 0. The monoisotopic (exact) mass is 202 g/mol. The molecule has 78 valence electrons. The van der Waals surface area contributed by atoms with Crippen LogP contribution in [-0.2, 0) is 4.79 Å². The summed E-state index contributed by atoms with van der Waals surface area (Å²) in [6.45, 7) is 0. The lowest BCUT2D eigenvalue weighted by atomic mass is 10.1. The van der Waals surface area contributed by atoms with E-state index in [0.29, 0.717) is 0 Å². The van der Waals surface area contributed by atoms with Gasteiger partial charge in [-0.05, 0) is 24.9 Å². The molecule has 0 rings (SSSR count). The molecule has 0 amide bonds. The number of thioether (sulfide) groups is 1. The molecule has 0 aliphatic carbocycles. The van der Waals surface area contributed by atoms with Crippen molar-refractivity contribution in [2.75, 3.05) is 12.0 Å². The molecule has 0 aromatic carbocycles. The van der Waals surface area contributed by atoms with Gasteiger partial charge in [-0.1, -0.05) is 32.1 Å². The van der Waals surface area contributed by atoms with Crippen LogP contribution in [0.4, 0.5) is 0 Å². The minimum atomic E-state index is 0.756. The quantitative estimate of drug-likeness (QED) is 0.397. The number of unbranched alkanes of at least 4 members (excludes halogenated alkanes) is 7. The molecule has 0 radical (unpaired) electrons. The lowest BCUT2D eigenvalue weighted by Gasteiger charge is -1.99. The van der Waals surface area contributed by atoms with Crippen LogP contribution in [0, 0.1) is 0 Å². The molecular weight excluding hydrogens is 180 g/mol. The number of carbonyl (C=O) groups is 1. The molecule has 13 heavy (non-hydrogen) atoms. The molecule has 0 atom stereocenters. The van der Waals surface area contributed by atoms with E-state index < -0.39 is 0 Å². The number of carbonyl (C=O) groups excluding carboxylic acids is 1. The van der Waals surface area contributed by atoms with Gasteiger partial charge in [0, 0.05) is 6.42 Å².